The molecule has 1 fully saturated rings. The SMILES string of the molecule is CC(C)(C)c1ccc2ccc([C@H](N3NC(=O)CC3(C)C)C(F)(F)F)cc2c1. The van der Waals surface area contributed by atoms with Crippen LogP contribution >= 0.6 is 0 Å². The molecule has 0 saturated carbocycles. The minimum Gasteiger partial charge on any atom is -0.287 e. The van der Waals surface area contributed by atoms with Crippen molar-refractivity contribution in [2.75, 3.05) is 0 Å². The Balaban J connectivity index is 2.12. The summed E-state index contributed by atoms with van der Waals surface area (Å²) in [7, 11) is 0. The third-order valence-corrected chi connectivity index (χ3v) is 5.10. The first-order chi connectivity index (χ1) is 12.3. The van der Waals surface area contributed by atoms with Crippen LogP contribution in [-0.2, 0) is 10.2 Å². The van der Waals surface area contributed by atoms with E-state index in [9.17, 15) is 18.0 Å². The number of nitrogens with one attached hydrogen (secondary N) is 1. The van der Waals surface area contributed by atoms with Crippen LogP contribution < -0.4 is 5.43 Å². The number of halogens is 3. The van der Waals surface area contributed by atoms with Crippen LogP contribution in [0.25, 0.3) is 10.8 Å². The Morgan fingerprint density at radius 2 is 1.67 bits per heavy atom. The number of hydrazine groups is 1. The topological polar surface area (TPSA) is 32.3 Å². The van der Waals surface area contributed by atoms with E-state index >= 15 is 0 Å². The highest BCUT2D eigenvalue weighted by molar-refractivity contribution is 5.84. The van der Waals surface area contributed by atoms with Crippen LogP contribution in [0.1, 0.15) is 58.2 Å². The van der Waals surface area contributed by atoms with Crippen molar-refractivity contribution in [3.8, 4) is 0 Å². The van der Waals surface area contributed by atoms with Crippen molar-refractivity contribution in [3.05, 3.63) is 47.5 Å². The Bertz CT molecular complexity index is 881. The molecule has 1 aliphatic rings. The summed E-state index contributed by atoms with van der Waals surface area (Å²) >= 11 is 0. The summed E-state index contributed by atoms with van der Waals surface area (Å²) < 4.78 is 42.0. The molecule has 0 aliphatic carbocycles. The number of rotatable bonds is 2. The predicted molar refractivity (Wildman–Crippen MR) is 100 cm³/mol. The second-order valence-electron chi connectivity index (χ2n) is 8.91. The maximum absolute atomic E-state index is 14.0. The van der Waals surface area contributed by atoms with Gasteiger partial charge in [-0.3, -0.25) is 10.2 Å². The van der Waals surface area contributed by atoms with Crippen LogP contribution in [0.3, 0.4) is 0 Å². The van der Waals surface area contributed by atoms with Crippen LogP contribution in [-0.4, -0.2) is 22.6 Å². The molecule has 3 nitrogen and oxygen atoms in total. The van der Waals surface area contributed by atoms with E-state index in [1.807, 2.05) is 18.2 Å². The summed E-state index contributed by atoms with van der Waals surface area (Å²) in [6.45, 7) is 9.49. The molecular weight excluding hydrogens is 353 g/mol. The van der Waals surface area contributed by atoms with E-state index in [1.54, 1.807) is 26.0 Å². The van der Waals surface area contributed by atoms with E-state index < -0.39 is 23.7 Å². The van der Waals surface area contributed by atoms with Gasteiger partial charge in [-0.05, 0) is 47.2 Å². The van der Waals surface area contributed by atoms with Crippen molar-refractivity contribution in [1.82, 2.24) is 10.4 Å². The first-order valence-electron chi connectivity index (χ1n) is 8.99. The van der Waals surface area contributed by atoms with E-state index in [0.717, 1.165) is 21.3 Å². The third kappa shape index (κ3) is 3.81. The lowest BCUT2D eigenvalue weighted by molar-refractivity contribution is -0.203. The lowest BCUT2D eigenvalue weighted by Gasteiger charge is -2.38. The lowest BCUT2D eigenvalue weighted by Crippen LogP contribution is -2.51. The first-order valence-corrected chi connectivity index (χ1v) is 8.99. The second-order valence-corrected chi connectivity index (χ2v) is 8.91. The standard InChI is InChI=1S/C21H25F3N2O/c1-19(2,3)16-9-8-13-6-7-14(10-15(13)11-16)18(21(22,23)24)26-20(4,5)12-17(27)25-26/h6-11,18H,12H2,1-5H3,(H,25,27)/t18-/m0/s1. The zero-order valence-electron chi connectivity index (χ0n) is 16.2. The van der Waals surface area contributed by atoms with E-state index in [0.29, 0.717) is 0 Å². The molecule has 2 aromatic rings. The monoisotopic (exact) mass is 378 g/mol. The molecule has 1 heterocycles. The summed E-state index contributed by atoms with van der Waals surface area (Å²) in [5.41, 5.74) is 2.56. The number of alkyl halides is 3. The highest BCUT2D eigenvalue weighted by Gasteiger charge is 2.52. The molecule has 1 amide bonds. The maximum atomic E-state index is 14.0. The van der Waals surface area contributed by atoms with Gasteiger partial charge in [0.05, 0.1) is 0 Å². The van der Waals surface area contributed by atoms with Crippen LogP contribution in [0, 0.1) is 0 Å². The predicted octanol–water partition coefficient (Wildman–Crippen LogP) is 5.26. The zero-order chi connectivity index (χ0) is 20.2. The second kappa shape index (κ2) is 6.23. The molecule has 1 aliphatic heterocycles. The lowest BCUT2D eigenvalue weighted by atomic mass is 9.85. The molecule has 0 unspecified atom stereocenters. The normalized spacial score (nSPS) is 19.3. The van der Waals surface area contributed by atoms with E-state index in [2.05, 4.69) is 26.2 Å². The summed E-state index contributed by atoms with van der Waals surface area (Å²) in [4.78, 5) is 11.8. The molecular formula is C21H25F3N2O. The number of carbonyl (C=O) groups is 1. The maximum Gasteiger partial charge on any atom is 0.409 e. The smallest absolute Gasteiger partial charge is 0.287 e. The van der Waals surface area contributed by atoms with Gasteiger partial charge in [0.25, 0.3) is 0 Å². The molecule has 0 radical (unpaired) electrons. The van der Waals surface area contributed by atoms with Gasteiger partial charge in [-0.2, -0.15) is 18.2 Å². The number of amides is 1. The molecule has 1 atom stereocenters. The van der Waals surface area contributed by atoms with Crippen molar-refractivity contribution in [2.24, 2.45) is 0 Å². The number of nitrogens with zero attached hydrogens (tertiary/aromatic N) is 1. The quantitative estimate of drug-likeness (QED) is 0.773. The Morgan fingerprint density at radius 1 is 1.04 bits per heavy atom. The molecule has 0 spiro atoms. The average Bonchev–Trinajstić information content (AvgIpc) is 2.77. The summed E-state index contributed by atoms with van der Waals surface area (Å²) in [5, 5.41) is 2.69. The fraction of sp³-hybridized carbons (Fsp3) is 0.476. The van der Waals surface area contributed by atoms with Gasteiger partial charge in [0, 0.05) is 12.0 Å². The summed E-state index contributed by atoms with van der Waals surface area (Å²) in [6, 6.07) is 8.78. The van der Waals surface area contributed by atoms with Gasteiger partial charge in [-0.1, -0.05) is 51.1 Å². The van der Waals surface area contributed by atoms with Crippen LogP contribution in [0.15, 0.2) is 36.4 Å². The largest absolute Gasteiger partial charge is 0.409 e. The molecule has 3 rings (SSSR count). The van der Waals surface area contributed by atoms with Gasteiger partial charge in [-0.25, -0.2) is 0 Å². The number of fused-ring (bicyclic) bond motifs is 1. The molecule has 27 heavy (non-hydrogen) atoms. The van der Waals surface area contributed by atoms with Crippen molar-refractivity contribution < 1.29 is 18.0 Å². The van der Waals surface area contributed by atoms with Gasteiger partial charge in [-0.15, -0.1) is 0 Å². The zero-order valence-corrected chi connectivity index (χ0v) is 16.2. The first kappa shape index (κ1) is 19.7. The Morgan fingerprint density at radius 3 is 2.19 bits per heavy atom. The average molecular weight is 378 g/mol. The van der Waals surface area contributed by atoms with Gasteiger partial charge in [0.2, 0.25) is 5.91 Å². The number of benzene rings is 2. The molecule has 146 valence electrons. The van der Waals surface area contributed by atoms with Crippen LogP contribution in [0.5, 0.6) is 0 Å². The van der Waals surface area contributed by atoms with Gasteiger partial charge in [0.15, 0.2) is 6.04 Å². The highest BCUT2D eigenvalue weighted by Crippen LogP contribution is 2.43. The van der Waals surface area contributed by atoms with Crippen LogP contribution in [0.2, 0.25) is 0 Å². The van der Waals surface area contributed by atoms with Crippen molar-refractivity contribution in [2.45, 2.75) is 64.2 Å². The summed E-state index contributed by atoms with van der Waals surface area (Å²) in [5.74, 6) is -0.398. The van der Waals surface area contributed by atoms with Gasteiger partial charge in [0.1, 0.15) is 0 Å². The van der Waals surface area contributed by atoms with Crippen molar-refractivity contribution in [3.63, 3.8) is 0 Å². The fourth-order valence-electron chi connectivity index (χ4n) is 3.60. The van der Waals surface area contributed by atoms with E-state index in [1.165, 1.54) is 6.07 Å². The van der Waals surface area contributed by atoms with E-state index in [4.69, 9.17) is 0 Å². The minimum absolute atomic E-state index is 0.0291. The Labute approximate surface area is 157 Å². The van der Waals surface area contributed by atoms with Gasteiger partial charge >= 0.3 is 6.18 Å². The minimum atomic E-state index is -4.52. The molecule has 6 heteroatoms. The Hall–Kier alpha value is -2.08. The molecule has 0 aromatic heterocycles. The van der Waals surface area contributed by atoms with Crippen molar-refractivity contribution in [1.29, 1.82) is 0 Å². The number of hydrogen-bond acceptors (Lipinski definition) is 2. The van der Waals surface area contributed by atoms with E-state index in [-0.39, 0.29) is 17.4 Å². The highest BCUT2D eigenvalue weighted by atomic mass is 19.4. The van der Waals surface area contributed by atoms with Gasteiger partial charge < -0.3 is 0 Å². The Kier molecular flexibility index (Phi) is 4.54. The molecule has 0 bridgehead atoms. The molecule has 1 saturated heterocycles. The fourth-order valence-corrected chi connectivity index (χ4v) is 3.60. The van der Waals surface area contributed by atoms with Crippen LogP contribution in [0.4, 0.5) is 13.2 Å². The number of carbonyl (C=O) groups excluding carboxylic acids is 1. The number of hydrogen-bond donors (Lipinski definition) is 1. The third-order valence-electron chi connectivity index (χ3n) is 5.10. The molecule has 1 N–H and O–H groups in total. The molecule has 2 aromatic carbocycles. The van der Waals surface area contributed by atoms with Crippen molar-refractivity contribution >= 4 is 16.7 Å². The summed E-state index contributed by atoms with van der Waals surface area (Å²) in [6.07, 6.45) is -4.49.